The lowest BCUT2D eigenvalue weighted by Crippen LogP contribution is -2.17. The van der Waals surface area contributed by atoms with Crippen LogP contribution in [0.1, 0.15) is 116 Å². The molecule has 0 aliphatic rings. The normalized spacial score (nSPS) is 11.2. The zero-order valence-electron chi connectivity index (χ0n) is 31.7. The molecule has 52 heavy (non-hydrogen) atoms. The molecule has 0 fully saturated rings. The van der Waals surface area contributed by atoms with E-state index in [0.717, 1.165) is 26.1 Å². The van der Waals surface area contributed by atoms with E-state index in [-0.39, 0.29) is 25.2 Å². The largest absolute Gasteiger partial charge is 0.425 e. The topological polar surface area (TPSA) is 89.5 Å². The van der Waals surface area contributed by atoms with Crippen LogP contribution >= 0.6 is 21.6 Å². The van der Waals surface area contributed by atoms with Gasteiger partial charge in [-0.05, 0) is 49.9 Å². The SMILES string of the molecule is O=C(COCCOCCCCCCCCCCCSSCCCCCCCCCCCOCCOCC(=O)Oc1ccccc1)Oc1ccccc1. The number of ether oxygens (including phenoxy) is 6. The van der Waals surface area contributed by atoms with Gasteiger partial charge in [0.15, 0.2) is 0 Å². The van der Waals surface area contributed by atoms with Gasteiger partial charge in [0.2, 0.25) is 0 Å². The van der Waals surface area contributed by atoms with E-state index in [1.807, 2.05) is 36.4 Å². The number of carbonyl (C=O) groups excluding carboxylic acids is 2. The zero-order chi connectivity index (χ0) is 36.8. The number of hydrogen-bond donors (Lipinski definition) is 0. The first-order valence-corrected chi connectivity index (χ1v) is 22.3. The Morgan fingerprint density at radius 3 is 1.04 bits per heavy atom. The van der Waals surface area contributed by atoms with E-state index < -0.39 is 0 Å². The van der Waals surface area contributed by atoms with Crippen molar-refractivity contribution in [3.8, 4) is 11.5 Å². The Kier molecular flexibility index (Phi) is 31.8. The lowest BCUT2D eigenvalue weighted by Gasteiger charge is -2.07. The van der Waals surface area contributed by atoms with Crippen LogP contribution in [0, 0.1) is 0 Å². The van der Waals surface area contributed by atoms with E-state index in [1.165, 1.54) is 114 Å². The molecule has 2 aromatic rings. The summed E-state index contributed by atoms with van der Waals surface area (Å²) < 4.78 is 32.2. The van der Waals surface area contributed by atoms with Gasteiger partial charge in [-0.1, -0.05) is 148 Å². The maximum Gasteiger partial charge on any atom is 0.337 e. The molecule has 0 unspecified atom stereocenters. The summed E-state index contributed by atoms with van der Waals surface area (Å²) in [5, 5.41) is 0. The molecule has 2 aromatic carbocycles. The molecule has 0 aromatic heterocycles. The molecule has 0 N–H and O–H groups in total. The van der Waals surface area contributed by atoms with Crippen LogP contribution in [0.3, 0.4) is 0 Å². The molecule has 0 heterocycles. The molecule has 294 valence electrons. The second kappa shape index (κ2) is 35.9. The van der Waals surface area contributed by atoms with Crippen molar-refractivity contribution in [2.24, 2.45) is 0 Å². The maximum absolute atomic E-state index is 11.7. The summed E-state index contributed by atoms with van der Waals surface area (Å²) >= 11 is 0. The Morgan fingerprint density at radius 1 is 0.365 bits per heavy atom. The fourth-order valence-corrected chi connectivity index (χ4v) is 7.67. The smallest absolute Gasteiger partial charge is 0.337 e. The summed E-state index contributed by atoms with van der Waals surface area (Å²) in [6, 6.07) is 18.0. The molecule has 8 nitrogen and oxygen atoms in total. The van der Waals surface area contributed by atoms with Crippen molar-refractivity contribution in [3.05, 3.63) is 60.7 Å². The fraction of sp³-hybridized carbons (Fsp3) is 0.667. The number of carbonyl (C=O) groups is 2. The minimum absolute atomic E-state index is 0.0573. The van der Waals surface area contributed by atoms with Gasteiger partial charge in [-0.15, -0.1) is 0 Å². The summed E-state index contributed by atoms with van der Waals surface area (Å²) in [7, 11) is 4.14. The highest BCUT2D eigenvalue weighted by Gasteiger charge is 2.06. The van der Waals surface area contributed by atoms with Crippen molar-refractivity contribution in [1.82, 2.24) is 0 Å². The molecular formula is C42H66O8S2. The van der Waals surface area contributed by atoms with Gasteiger partial charge in [0.25, 0.3) is 0 Å². The van der Waals surface area contributed by atoms with Crippen LogP contribution in [0.15, 0.2) is 60.7 Å². The number of rotatable bonds is 37. The average Bonchev–Trinajstić information content (AvgIpc) is 3.15. The third kappa shape index (κ3) is 30.4. The predicted molar refractivity (Wildman–Crippen MR) is 215 cm³/mol. The van der Waals surface area contributed by atoms with E-state index in [4.69, 9.17) is 28.4 Å². The van der Waals surface area contributed by atoms with Gasteiger partial charge in [0.1, 0.15) is 24.7 Å². The number of esters is 2. The van der Waals surface area contributed by atoms with Gasteiger partial charge >= 0.3 is 11.9 Å². The van der Waals surface area contributed by atoms with Crippen molar-refractivity contribution < 1.29 is 38.0 Å². The molecule has 0 atom stereocenters. The summed E-state index contributed by atoms with van der Waals surface area (Å²) in [6.07, 6.45) is 23.4. The second-order valence-electron chi connectivity index (χ2n) is 12.9. The van der Waals surface area contributed by atoms with Gasteiger partial charge in [0, 0.05) is 24.7 Å². The van der Waals surface area contributed by atoms with E-state index in [9.17, 15) is 9.59 Å². The standard InChI is InChI=1S/C42H66O8S2/c43-41(49-39-25-17-15-18-26-39)37-47-33-31-45-29-21-11-7-3-1-5-9-13-23-35-51-52-36-24-14-10-6-2-4-8-12-22-30-46-32-34-48-38-42(44)50-40-27-19-16-20-28-40/h15-20,25-28H,1-14,21-24,29-38H2. The second-order valence-corrected chi connectivity index (χ2v) is 15.6. The van der Waals surface area contributed by atoms with Crippen LogP contribution in [0.4, 0.5) is 0 Å². The fourth-order valence-electron chi connectivity index (χ4n) is 5.37. The van der Waals surface area contributed by atoms with E-state index in [0.29, 0.717) is 37.9 Å². The Bertz CT molecular complexity index is 991. The van der Waals surface area contributed by atoms with Crippen LogP contribution in [0.25, 0.3) is 0 Å². The van der Waals surface area contributed by atoms with E-state index in [1.54, 1.807) is 24.3 Å². The molecule has 0 spiro atoms. The van der Waals surface area contributed by atoms with Crippen molar-refractivity contribution in [3.63, 3.8) is 0 Å². The third-order valence-corrected chi connectivity index (χ3v) is 10.8. The van der Waals surface area contributed by atoms with Crippen molar-refractivity contribution in [2.75, 3.05) is 64.4 Å². The summed E-state index contributed by atoms with van der Waals surface area (Å²) in [6.45, 7) is 3.22. The van der Waals surface area contributed by atoms with Crippen LogP contribution < -0.4 is 9.47 Å². The number of benzene rings is 2. The lowest BCUT2D eigenvalue weighted by atomic mass is 10.1. The van der Waals surface area contributed by atoms with Crippen LogP contribution in [0.5, 0.6) is 11.5 Å². The molecule has 2 rings (SSSR count). The van der Waals surface area contributed by atoms with E-state index >= 15 is 0 Å². The summed E-state index contributed by atoms with van der Waals surface area (Å²) in [5.41, 5.74) is 0. The van der Waals surface area contributed by atoms with Gasteiger partial charge in [0.05, 0.1) is 26.4 Å². The van der Waals surface area contributed by atoms with Gasteiger partial charge in [-0.25, -0.2) is 9.59 Å². The van der Waals surface area contributed by atoms with Gasteiger partial charge in [-0.2, -0.15) is 0 Å². The van der Waals surface area contributed by atoms with Gasteiger partial charge < -0.3 is 28.4 Å². The van der Waals surface area contributed by atoms with Crippen molar-refractivity contribution in [2.45, 2.75) is 116 Å². The Labute approximate surface area is 322 Å². The molecule has 0 aliphatic heterocycles. The molecule has 0 saturated heterocycles. The van der Waals surface area contributed by atoms with Gasteiger partial charge in [-0.3, -0.25) is 0 Å². The Hall–Kier alpha value is -2.08. The average molecular weight is 763 g/mol. The molecule has 0 radical (unpaired) electrons. The predicted octanol–water partition coefficient (Wildman–Crippen LogP) is 10.7. The molecule has 0 saturated carbocycles. The summed E-state index contributed by atoms with van der Waals surface area (Å²) in [4.78, 5) is 23.4. The van der Waals surface area contributed by atoms with Crippen LogP contribution in [0.2, 0.25) is 0 Å². The first-order valence-electron chi connectivity index (χ1n) is 19.8. The molecular weight excluding hydrogens is 697 g/mol. The third-order valence-electron chi connectivity index (χ3n) is 8.25. The number of para-hydroxylation sites is 2. The van der Waals surface area contributed by atoms with Crippen molar-refractivity contribution >= 4 is 33.5 Å². The Morgan fingerprint density at radius 2 is 0.673 bits per heavy atom. The minimum atomic E-state index is -0.390. The molecule has 0 aliphatic carbocycles. The van der Waals surface area contributed by atoms with Crippen molar-refractivity contribution in [1.29, 1.82) is 0 Å². The highest BCUT2D eigenvalue weighted by Crippen LogP contribution is 2.25. The zero-order valence-corrected chi connectivity index (χ0v) is 33.3. The quantitative estimate of drug-likeness (QED) is 0.0287. The highest BCUT2D eigenvalue weighted by atomic mass is 33.1. The maximum atomic E-state index is 11.7. The Balaban J connectivity index is 1.15. The van der Waals surface area contributed by atoms with Crippen LogP contribution in [-0.2, 0) is 28.5 Å². The highest BCUT2D eigenvalue weighted by molar-refractivity contribution is 8.76. The first kappa shape index (κ1) is 46.1. The lowest BCUT2D eigenvalue weighted by molar-refractivity contribution is -0.140. The monoisotopic (exact) mass is 762 g/mol. The molecule has 10 heteroatoms. The minimum Gasteiger partial charge on any atom is -0.425 e. The number of unbranched alkanes of at least 4 members (excludes halogenated alkanes) is 16. The molecule has 0 bridgehead atoms. The van der Waals surface area contributed by atoms with E-state index in [2.05, 4.69) is 21.6 Å². The van der Waals surface area contributed by atoms with Crippen LogP contribution in [-0.4, -0.2) is 76.3 Å². The number of hydrogen-bond acceptors (Lipinski definition) is 10. The first-order chi connectivity index (χ1) is 25.7. The molecule has 0 amide bonds. The summed E-state index contributed by atoms with van der Waals surface area (Å²) in [5.74, 6) is 2.87.